The second-order valence-electron chi connectivity index (χ2n) is 5.23. The Hall–Kier alpha value is -2.16. The van der Waals surface area contributed by atoms with E-state index < -0.39 is 29.7 Å². The van der Waals surface area contributed by atoms with E-state index in [0.29, 0.717) is 12.6 Å². The van der Waals surface area contributed by atoms with Crippen molar-refractivity contribution >= 4 is 11.9 Å². The van der Waals surface area contributed by atoms with Crippen molar-refractivity contribution in [1.29, 1.82) is 0 Å². The molecule has 1 N–H and O–H groups in total. The van der Waals surface area contributed by atoms with E-state index in [1.807, 2.05) is 0 Å². The molecular weight excluding hydrogens is 317 g/mol. The highest BCUT2D eigenvalue weighted by Crippen LogP contribution is 2.29. The summed E-state index contributed by atoms with van der Waals surface area (Å²) in [7, 11) is 1.45. The van der Waals surface area contributed by atoms with Gasteiger partial charge in [0.05, 0.1) is 18.1 Å². The van der Waals surface area contributed by atoms with Crippen molar-refractivity contribution in [1.82, 2.24) is 9.88 Å². The van der Waals surface area contributed by atoms with Gasteiger partial charge in [-0.2, -0.15) is 13.2 Å². The minimum Gasteiger partial charge on any atom is -0.481 e. The summed E-state index contributed by atoms with van der Waals surface area (Å²) in [4.78, 5) is 28.1. The van der Waals surface area contributed by atoms with Crippen LogP contribution in [-0.4, -0.2) is 52.7 Å². The number of alkyl halides is 3. The zero-order valence-corrected chi connectivity index (χ0v) is 12.2. The molecule has 2 rings (SSSR count). The summed E-state index contributed by atoms with van der Waals surface area (Å²) in [5, 5.41) is 8.91. The number of amides is 1. The van der Waals surface area contributed by atoms with Crippen LogP contribution in [0.2, 0.25) is 0 Å². The van der Waals surface area contributed by atoms with Crippen LogP contribution in [0.5, 0.6) is 0 Å². The third kappa shape index (κ3) is 3.98. The van der Waals surface area contributed by atoms with Crippen molar-refractivity contribution < 1.29 is 32.6 Å². The van der Waals surface area contributed by atoms with E-state index in [4.69, 9.17) is 9.84 Å². The fraction of sp³-hybridized carbons (Fsp3) is 0.500. The van der Waals surface area contributed by atoms with Crippen molar-refractivity contribution in [2.24, 2.45) is 0 Å². The van der Waals surface area contributed by atoms with E-state index in [-0.39, 0.29) is 24.8 Å². The van der Waals surface area contributed by atoms with Gasteiger partial charge in [-0.15, -0.1) is 0 Å². The summed E-state index contributed by atoms with van der Waals surface area (Å²) in [6.07, 6.45) is -4.15. The molecule has 1 aromatic heterocycles. The third-order valence-electron chi connectivity index (χ3n) is 3.69. The Morgan fingerprint density at radius 3 is 2.61 bits per heavy atom. The quantitative estimate of drug-likeness (QED) is 0.909. The van der Waals surface area contributed by atoms with Crippen molar-refractivity contribution in [2.45, 2.75) is 31.2 Å². The van der Waals surface area contributed by atoms with E-state index in [0.717, 1.165) is 12.1 Å². The maximum absolute atomic E-state index is 12.5. The third-order valence-corrected chi connectivity index (χ3v) is 3.69. The van der Waals surface area contributed by atoms with Crippen LogP contribution in [0.3, 0.4) is 0 Å². The summed E-state index contributed by atoms with van der Waals surface area (Å²) in [5.74, 6) is -1.67. The van der Waals surface area contributed by atoms with Crippen molar-refractivity contribution in [3.8, 4) is 0 Å². The van der Waals surface area contributed by atoms with Crippen LogP contribution in [-0.2, 0) is 15.7 Å². The highest BCUT2D eigenvalue weighted by atomic mass is 19.4. The van der Waals surface area contributed by atoms with Crippen molar-refractivity contribution in [2.75, 3.05) is 13.7 Å². The van der Waals surface area contributed by atoms with E-state index in [2.05, 4.69) is 4.98 Å². The van der Waals surface area contributed by atoms with Crippen LogP contribution >= 0.6 is 0 Å². The Balaban J connectivity index is 2.18. The second kappa shape index (κ2) is 6.53. The number of carbonyl (C=O) groups is 2. The first-order chi connectivity index (χ1) is 10.7. The number of halogens is 3. The first-order valence-electron chi connectivity index (χ1n) is 6.81. The summed E-state index contributed by atoms with van der Waals surface area (Å²) in [6, 6.07) is 1.19. The molecule has 0 radical (unpaired) electrons. The molecule has 0 aliphatic carbocycles. The minimum atomic E-state index is -4.53. The first-order valence-corrected chi connectivity index (χ1v) is 6.81. The number of methoxy groups -OCH3 is 1. The minimum absolute atomic E-state index is 0.162. The predicted octanol–water partition coefficient (Wildman–Crippen LogP) is 1.80. The molecular formula is C14H15F3N2O4. The molecule has 1 aromatic rings. The normalized spacial score (nSPS) is 21.5. The van der Waals surface area contributed by atoms with Crippen molar-refractivity contribution in [3.63, 3.8) is 0 Å². The maximum Gasteiger partial charge on any atom is 0.417 e. The van der Waals surface area contributed by atoms with Gasteiger partial charge in [-0.05, 0) is 18.6 Å². The molecule has 0 saturated carbocycles. The van der Waals surface area contributed by atoms with E-state index in [1.54, 1.807) is 0 Å². The molecule has 1 aliphatic rings. The molecule has 1 saturated heterocycles. The van der Waals surface area contributed by atoms with Gasteiger partial charge in [0.25, 0.3) is 5.91 Å². The standard InChI is InChI=1S/C14H15F3N2O4/c1-23-10-4-9(5-12(20)21)19(7-10)13(22)11-3-2-8(6-18-11)14(15,16)17/h2-3,6,9-10H,4-5,7H2,1H3,(H,20,21). The molecule has 1 aliphatic heterocycles. The predicted molar refractivity (Wildman–Crippen MR) is 71.7 cm³/mol. The topological polar surface area (TPSA) is 79.7 Å². The lowest BCUT2D eigenvalue weighted by Gasteiger charge is -2.22. The fourth-order valence-electron chi connectivity index (χ4n) is 2.52. The largest absolute Gasteiger partial charge is 0.481 e. The number of hydrogen-bond donors (Lipinski definition) is 1. The number of aromatic nitrogens is 1. The molecule has 126 valence electrons. The Morgan fingerprint density at radius 2 is 2.13 bits per heavy atom. The SMILES string of the molecule is COC1CC(CC(=O)O)N(C(=O)c2ccc(C(F)(F)F)cn2)C1. The number of hydrogen-bond acceptors (Lipinski definition) is 4. The number of carbonyl (C=O) groups excluding carboxylic acids is 1. The maximum atomic E-state index is 12.5. The van der Waals surface area contributed by atoms with Crippen LogP contribution in [0.4, 0.5) is 13.2 Å². The Bertz CT molecular complexity index is 589. The summed E-state index contributed by atoms with van der Waals surface area (Å²) in [5.41, 5.74) is -1.11. The smallest absolute Gasteiger partial charge is 0.417 e. The molecule has 6 nitrogen and oxygen atoms in total. The van der Waals surface area contributed by atoms with Gasteiger partial charge in [0.1, 0.15) is 5.69 Å². The van der Waals surface area contributed by atoms with Gasteiger partial charge in [0.2, 0.25) is 0 Å². The summed E-state index contributed by atoms with van der Waals surface area (Å²) in [6.45, 7) is 0.177. The molecule has 2 heterocycles. The Kier molecular flexibility index (Phi) is 4.88. The lowest BCUT2D eigenvalue weighted by Crippen LogP contribution is -2.37. The summed E-state index contributed by atoms with van der Waals surface area (Å²) < 4.78 is 42.7. The van der Waals surface area contributed by atoms with Crippen LogP contribution < -0.4 is 0 Å². The van der Waals surface area contributed by atoms with E-state index in [1.165, 1.54) is 12.0 Å². The molecule has 0 spiro atoms. The molecule has 2 unspecified atom stereocenters. The fourth-order valence-corrected chi connectivity index (χ4v) is 2.52. The van der Waals surface area contributed by atoms with Gasteiger partial charge < -0.3 is 14.7 Å². The lowest BCUT2D eigenvalue weighted by atomic mass is 10.1. The molecule has 9 heteroatoms. The van der Waals surface area contributed by atoms with Gasteiger partial charge in [-0.3, -0.25) is 14.6 Å². The number of likely N-dealkylation sites (tertiary alicyclic amines) is 1. The number of nitrogens with zero attached hydrogens (tertiary/aromatic N) is 2. The molecule has 23 heavy (non-hydrogen) atoms. The molecule has 0 aromatic carbocycles. The lowest BCUT2D eigenvalue weighted by molar-refractivity contribution is -0.138. The second-order valence-corrected chi connectivity index (χ2v) is 5.23. The highest BCUT2D eigenvalue weighted by Gasteiger charge is 2.38. The highest BCUT2D eigenvalue weighted by molar-refractivity contribution is 5.93. The van der Waals surface area contributed by atoms with Crippen molar-refractivity contribution in [3.05, 3.63) is 29.6 Å². The Labute approximate surface area is 129 Å². The van der Waals surface area contributed by atoms with Gasteiger partial charge in [0.15, 0.2) is 0 Å². The number of carboxylic acids is 1. The van der Waals surface area contributed by atoms with Gasteiger partial charge >= 0.3 is 12.1 Å². The molecule has 0 bridgehead atoms. The summed E-state index contributed by atoms with van der Waals surface area (Å²) >= 11 is 0. The molecule has 2 atom stereocenters. The number of ether oxygens (including phenoxy) is 1. The van der Waals surface area contributed by atoms with E-state index in [9.17, 15) is 22.8 Å². The van der Waals surface area contributed by atoms with Crippen LogP contribution in [0.1, 0.15) is 28.9 Å². The monoisotopic (exact) mass is 332 g/mol. The average Bonchev–Trinajstić information content (AvgIpc) is 2.88. The zero-order valence-electron chi connectivity index (χ0n) is 12.2. The van der Waals surface area contributed by atoms with Crippen LogP contribution in [0, 0.1) is 0 Å². The van der Waals surface area contributed by atoms with Crippen LogP contribution in [0.25, 0.3) is 0 Å². The number of pyridine rings is 1. The molecule has 1 fully saturated rings. The number of carboxylic acid groups (broad SMARTS) is 1. The average molecular weight is 332 g/mol. The first kappa shape index (κ1) is 17.2. The Morgan fingerprint density at radius 1 is 1.43 bits per heavy atom. The van der Waals surface area contributed by atoms with E-state index >= 15 is 0 Å². The van der Waals surface area contributed by atoms with Gasteiger partial charge in [-0.1, -0.05) is 0 Å². The number of rotatable bonds is 4. The van der Waals surface area contributed by atoms with Gasteiger partial charge in [0, 0.05) is 25.9 Å². The van der Waals surface area contributed by atoms with Crippen LogP contribution in [0.15, 0.2) is 18.3 Å². The number of aliphatic carboxylic acids is 1. The van der Waals surface area contributed by atoms with Gasteiger partial charge in [-0.25, -0.2) is 0 Å². The zero-order chi connectivity index (χ0) is 17.2. The molecule has 1 amide bonds.